The van der Waals surface area contributed by atoms with Crippen LogP contribution in [0.3, 0.4) is 0 Å². The number of carboxylic acid groups (broad SMARTS) is 1. The van der Waals surface area contributed by atoms with Gasteiger partial charge in [-0.05, 0) is 44.9 Å². The summed E-state index contributed by atoms with van der Waals surface area (Å²) >= 11 is 11.8. The summed E-state index contributed by atoms with van der Waals surface area (Å²) in [6.45, 7) is 5.14. The second kappa shape index (κ2) is 7.70. The molecule has 1 rings (SSSR count). The minimum atomic E-state index is -1.03. The number of benzene rings is 1. The van der Waals surface area contributed by atoms with Gasteiger partial charge in [0.2, 0.25) is 0 Å². The predicted octanol–water partition coefficient (Wildman–Crippen LogP) is 3.76. The Bertz CT molecular complexity index is 555. The van der Waals surface area contributed by atoms with Gasteiger partial charge in [0, 0.05) is 16.6 Å². The number of rotatable bonds is 5. The maximum absolute atomic E-state index is 11.6. The van der Waals surface area contributed by atoms with E-state index in [2.05, 4.69) is 5.32 Å². The highest BCUT2D eigenvalue weighted by Gasteiger charge is 2.22. The lowest BCUT2D eigenvalue weighted by Crippen LogP contribution is -2.37. The molecule has 0 saturated heterocycles. The Kier molecular flexibility index (Phi) is 6.50. The number of hydrogen-bond donors (Lipinski definition) is 2. The van der Waals surface area contributed by atoms with Crippen LogP contribution in [0.5, 0.6) is 0 Å². The van der Waals surface area contributed by atoms with Crippen LogP contribution in [0, 0.1) is 5.92 Å². The largest absolute Gasteiger partial charge is 0.481 e. The molecule has 2 N–H and O–H groups in total. The van der Waals surface area contributed by atoms with E-state index in [1.807, 2.05) is 0 Å². The number of carbonyl (C=O) groups is 2. The Balaban J connectivity index is 2.67. The topological polar surface area (TPSA) is 75.6 Å². The second-order valence-corrected chi connectivity index (χ2v) is 6.70. The normalized spacial score (nSPS) is 12.6. The molecule has 1 atom stereocenters. The number of aliphatic carboxylic acids is 1. The van der Waals surface area contributed by atoms with E-state index < -0.39 is 23.6 Å². The van der Waals surface area contributed by atoms with E-state index in [9.17, 15) is 14.7 Å². The molecule has 0 aliphatic rings. The zero-order valence-electron chi connectivity index (χ0n) is 12.7. The van der Waals surface area contributed by atoms with E-state index in [0.29, 0.717) is 15.6 Å². The van der Waals surface area contributed by atoms with Crippen LogP contribution in [0.25, 0.3) is 0 Å². The van der Waals surface area contributed by atoms with Gasteiger partial charge in [0.25, 0.3) is 0 Å². The van der Waals surface area contributed by atoms with E-state index in [4.69, 9.17) is 27.9 Å². The fraction of sp³-hybridized carbons (Fsp3) is 0.467. The highest BCUT2D eigenvalue weighted by molar-refractivity contribution is 6.35. The van der Waals surface area contributed by atoms with Crippen molar-refractivity contribution in [1.82, 2.24) is 5.32 Å². The van der Waals surface area contributed by atoms with Crippen LogP contribution in [0.1, 0.15) is 26.3 Å². The van der Waals surface area contributed by atoms with E-state index in [1.54, 1.807) is 39.0 Å². The molecule has 0 spiro atoms. The Morgan fingerprint density at radius 2 is 1.95 bits per heavy atom. The van der Waals surface area contributed by atoms with Gasteiger partial charge in [-0.1, -0.05) is 29.3 Å². The van der Waals surface area contributed by atoms with E-state index >= 15 is 0 Å². The zero-order valence-corrected chi connectivity index (χ0v) is 14.2. The lowest BCUT2D eigenvalue weighted by atomic mass is 9.99. The molecule has 1 unspecified atom stereocenters. The molecule has 0 heterocycles. The molecular weight excluding hydrogens is 329 g/mol. The summed E-state index contributed by atoms with van der Waals surface area (Å²) in [4.78, 5) is 22.9. The molecule has 0 aromatic heterocycles. The minimum absolute atomic E-state index is 0.0524. The Hall–Kier alpha value is -1.46. The van der Waals surface area contributed by atoms with Crippen molar-refractivity contribution in [1.29, 1.82) is 0 Å². The molecule has 1 amide bonds. The molecule has 0 bridgehead atoms. The molecule has 0 aliphatic heterocycles. The standard InChI is InChI=1S/C15H19Cl2NO4/c1-15(2,3)22-14(21)18-8-10(13(19)20)6-9-4-5-11(16)7-12(9)17/h4-5,7,10H,6,8H2,1-3H3,(H,18,21)(H,19,20). The van der Waals surface area contributed by atoms with Gasteiger partial charge in [-0.25, -0.2) is 4.79 Å². The lowest BCUT2D eigenvalue weighted by molar-refractivity contribution is -0.141. The molecule has 0 aliphatic carbocycles. The second-order valence-electron chi connectivity index (χ2n) is 5.86. The summed E-state index contributed by atoms with van der Waals surface area (Å²) in [6.07, 6.45) is -0.470. The molecule has 1 aromatic rings. The van der Waals surface area contributed by atoms with Crippen molar-refractivity contribution < 1.29 is 19.4 Å². The predicted molar refractivity (Wildman–Crippen MR) is 85.5 cm³/mol. The molecule has 7 heteroatoms. The first-order chi connectivity index (χ1) is 10.1. The Morgan fingerprint density at radius 3 is 2.45 bits per heavy atom. The molecule has 22 heavy (non-hydrogen) atoms. The van der Waals surface area contributed by atoms with Crippen LogP contribution in [0.15, 0.2) is 18.2 Å². The van der Waals surface area contributed by atoms with Crippen molar-refractivity contribution >= 4 is 35.3 Å². The summed E-state index contributed by atoms with van der Waals surface area (Å²) in [5.41, 5.74) is 0.0203. The van der Waals surface area contributed by atoms with E-state index in [-0.39, 0.29) is 13.0 Å². The third-order valence-electron chi connectivity index (χ3n) is 2.72. The van der Waals surface area contributed by atoms with Crippen LogP contribution in [0.4, 0.5) is 4.79 Å². The van der Waals surface area contributed by atoms with Crippen molar-refractivity contribution in [3.63, 3.8) is 0 Å². The third-order valence-corrected chi connectivity index (χ3v) is 3.31. The van der Waals surface area contributed by atoms with Crippen molar-refractivity contribution in [2.45, 2.75) is 32.8 Å². The first kappa shape index (κ1) is 18.6. The van der Waals surface area contributed by atoms with Crippen LogP contribution in [-0.2, 0) is 16.0 Å². The summed E-state index contributed by atoms with van der Waals surface area (Å²) in [6, 6.07) is 4.87. The molecule has 0 radical (unpaired) electrons. The minimum Gasteiger partial charge on any atom is -0.481 e. The monoisotopic (exact) mass is 347 g/mol. The van der Waals surface area contributed by atoms with Crippen molar-refractivity contribution in [3.05, 3.63) is 33.8 Å². The Morgan fingerprint density at radius 1 is 1.32 bits per heavy atom. The van der Waals surface area contributed by atoms with Gasteiger partial charge in [-0.2, -0.15) is 0 Å². The quantitative estimate of drug-likeness (QED) is 0.850. The third kappa shape index (κ3) is 6.54. The number of alkyl carbamates (subject to hydrolysis) is 1. The number of amides is 1. The van der Waals surface area contributed by atoms with Gasteiger partial charge < -0.3 is 15.2 Å². The average molecular weight is 348 g/mol. The van der Waals surface area contributed by atoms with Gasteiger partial charge in [-0.3, -0.25) is 4.79 Å². The summed E-state index contributed by atoms with van der Waals surface area (Å²) in [5.74, 6) is -1.84. The molecular formula is C15H19Cl2NO4. The molecule has 5 nitrogen and oxygen atoms in total. The smallest absolute Gasteiger partial charge is 0.407 e. The van der Waals surface area contributed by atoms with Crippen molar-refractivity contribution in [2.75, 3.05) is 6.54 Å². The molecule has 1 aromatic carbocycles. The van der Waals surface area contributed by atoms with Crippen molar-refractivity contribution in [3.8, 4) is 0 Å². The lowest BCUT2D eigenvalue weighted by Gasteiger charge is -2.21. The number of carbonyl (C=O) groups excluding carboxylic acids is 1. The summed E-state index contributed by atoms with van der Waals surface area (Å²) in [5, 5.41) is 12.6. The van der Waals surface area contributed by atoms with Crippen LogP contribution in [0.2, 0.25) is 10.0 Å². The first-order valence-electron chi connectivity index (χ1n) is 6.72. The van der Waals surface area contributed by atoms with Gasteiger partial charge in [0.15, 0.2) is 0 Å². The highest BCUT2D eigenvalue weighted by atomic mass is 35.5. The first-order valence-corrected chi connectivity index (χ1v) is 7.47. The van der Waals surface area contributed by atoms with Crippen LogP contribution < -0.4 is 5.32 Å². The maximum Gasteiger partial charge on any atom is 0.407 e. The highest BCUT2D eigenvalue weighted by Crippen LogP contribution is 2.23. The van der Waals surface area contributed by atoms with Crippen LogP contribution >= 0.6 is 23.2 Å². The van der Waals surface area contributed by atoms with Gasteiger partial charge in [0.05, 0.1) is 5.92 Å². The number of hydrogen-bond acceptors (Lipinski definition) is 3. The van der Waals surface area contributed by atoms with Crippen molar-refractivity contribution in [2.24, 2.45) is 5.92 Å². The summed E-state index contributed by atoms with van der Waals surface area (Å²) < 4.78 is 5.07. The molecule has 0 saturated carbocycles. The van der Waals surface area contributed by atoms with Gasteiger partial charge >= 0.3 is 12.1 Å². The molecule has 0 fully saturated rings. The number of carboxylic acids is 1. The number of halogens is 2. The number of ether oxygens (including phenoxy) is 1. The zero-order chi connectivity index (χ0) is 16.9. The van der Waals surface area contributed by atoms with Crippen LogP contribution in [-0.4, -0.2) is 29.3 Å². The summed E-state index contributed by atoms with van der Waals surface area (Å²) in [7, 11) is 0. The van der Waals surface area contributed by atoms with E-state index in [1.165, 1.54) is 0 Å². The van der Waals surface area contributed by atoms with Gasteiger partial charge in [-0.15, -0.1) is 0 Å². The molecule has 122 valence electrons. The van der Waals surface area contributed by atoms with E-state index in [0.717, 1.165) is 0 Å². The average Bonchev–Trinajstić information content (AvgIpc) is 2.34. The van der Waals surface area contributed by atoms with Gasteiger partial charge in [0.1, 0.15) is 5.60 Å². The SMILES string of the molecule is CC(C)(C)OC(=O)NCC(Cc1ccc(Cl)cc1Cl)C(=O)O. The fourth-order valence-corrected chi connectivity index (χ4v) is 2.21. The Labute approximate surface area is 139 Å². The fourth-order valence-electron chi connectivity index (χ4n) is 1.72. The number of nitrogens with one attached hydrogen (secondary N) is 1. The maximum atomic E-state index is 11.6.